The molecule has 1 saturated carbocycles. The van der Waals surface area contributed by atoms with Crippen LogP contribution in [0.3, 0.4) is 0 Å². The van der Waals surface area contributed by atoms with Gasteiger partial charge < -0.3 is 71.9 Å². The Morgan fingerprint density at radius 2 is 0.584 bits per heavy atom. The number of hydrogen-bond acceptors (Lipinski definition) is 24. The number of hydrogen-bond donors (Lipinski definition) is 0. The number of carbonyl (C=O) groups is 5. The van der Waals surface area contributed by atoms with E-state index in [2.05, 4.69) is 4.85 Å². The average molecular weight is 1380 g/mol. The summed E-state index contributed by atoms with van der Waals surface area (Å²) in [5, 5.41) is 39.0. The van der Waals surface area contributed by atoms with Gasteiger partial charge in [0.15, 0.2) is 0 Å². The molecule has 25 heteroatoms. The SMILES string of the molecule is [C-]#[N+]/C(=C/c1ccc(N(C)COC2C(OCN(C)c3ccc(/C=C(/C#N)C(=O)OCC)cc3)C(OCN(C)c3ccc(/C=C(\C#N)C(=O)OCC)cc3)CC(OCN(C)c3ccc(/C=C(\C#N)C(=O)OCC)cc3)C2OCN(C)c2ccc(/C=C(/C#N)C(=O)OCC)cc2)cc1)C(=O)OCC. The van der Waals surface area contributed by atoms with Gasteiger partial charge >= 0.3 is 29.8 Å². The Morgan fingerprint density at radius 1 is 0.366 bits per heavy atom. The minimum atomic E-state index is -1.02. The molecule has 6 rings (SSSR count). The van der Waals surface area contributed by atoms with Gasteiger partial charge in [-0.3, -0.25) is 4.79 Å². The molecule has 5 aromatic rings. The van der Waals surface area contributed by atoms with Gasteiger partial charge in [-0.05, 0) is 153 Å². The van der Waals surface area contributed by atoms with E-state index in [9.17, 15) is 45.0 Å². The molecule has 101 heavy (non-hydrogen) atoms. The van der Waals surface area contributed by atoms with Crippen LogP contribution in [0.15, 0.2) is 149 Å². The molecule has 1 fully saturated rings. The molecule has 0 aromatic heterocycles. The van der Waals surface area contributed by atoms with Crippen LogP contribution >= 0.6 is 0 Å². The summed E-state index contributed by atoms with van der Waals surface area (Å²) in [7, 11) is 9.15. The van der Waals surface area contributed by atoms with Crippen LogP contribution in [-0.4, -0.2) is 162 Å². The second kappa shape index (κ2) is 40.3. The van der Waals surface area contributed by atoms with Crippen molar-refractivity contribution >= 4 is 88.7 Å². The highest BCUT2D eigenvalue weighted by Crippen LogP contribution is 2.35. The fraction of sp³-hybridized carbons (Fsp3) is 0.342. The third kappa shape index (κ3) is 23.3. The minimum Gasteiger partial charge on any atom is -0.471 e. The Morgan fingerprint density at radius 3 is 0.812 bits per heavy atom. The molecule has 0 bridgehead atoms. The zero-order valence-corrected chi connectivity index (χ0v) is 58.2. The molecule has 5 aromatic carbocycles. The van der Waals surface area contributed by atoms with Crippen LogP contribution in [0.2, 0.25) is 0 Å². The fourth-order valence-electron chi connectivity index (χ4n) is 10.1. The Hall–Kier alpha value is -11.6. The molecule has 1 aliphatic rings. The summed E-state index contributed by atoms with van der Waals surface area (Å²) in [6.07, 6.45) is 2.81. The van der Waals surface area contributed by atoms with E-state index >= 15 is 0 Å². The fourth-order valence-corrected chi connectivity index (χ4v) is 10.1. The summed E-state index contributed by atoms with van der Waals surface area (Å²) in [5.74, 6) is -3.69. The van der Waals surface area contributed by atoms with Crippen molar-refractivity contribution in [2.75, 3.05) is 126 Å². The van der Waals surface area contributed by atoms with E-state index in [1.165, 1.54) is 30.4 Å². The van der Waals surface area contributed by atoms with E-state index in [0.717, 1.165) is 0 Å². The standard InChI is InChI=1S/C76H82N10O15/c1-12-92-72(87)57(43-77)37-52-17-27-61(28-18-52)82(7)47-97-67-42-68(98-48-83(8)62-29-19-53(20-30-62)38-58(44-78)73(88)93-13-2)70(100-50-85(10)64-33-23-55(24-34-64)40-60(46-80)75(90)95-15-4)71(101-51-86(11)65-35-25-56(26-36-65)41-66(81-6)76(91)96-16-5)69(67)99-49-84(9)63-31-21-54(22-32-63)39-59(45-79)74(89)94-14-3/h17-41,67-71H,12-16,42,47-51H2,1-5,7-11H3/b57-37+,58-38+,59-39-,60-40-,66-41+. The molecule has 4 atom stereocenters. The number of carbonyl (C=O) groups excluding carboxylic acids is 5. The summed E-state index contributed by atoms with van der Waals surface area (Å²) in [4.78, 5) is 75.3. The van der Waals surface area contributed by atoms with Crippen molar-refractivity contribution in [3.05, 3.63) is 189 Å². The third-order valence-electron chi connectivity index (χ3n) is 15.5. The Labute approximate surface area is 589 Å². The summed E-state index contributed by atoms with van der Waals surface area (Å²) in [6, 6.07) is 43.3. The van der Waals surface area contributed by atoms with E-state index < -0.39 is 60.4 Å². The molecule has 526 valence electrons. The predicted octanol–water partition coefficient (Wildman–Crippen LogP) is 10.5. The van der Waals surface area contributed by atoms with E-state index in [0.29, 0.717) is 56.3 Å². The van der Waals surface area contributed by atoms with Crippen molar-refractivity contribution in [3.63, 3.8) is 0 Å². The summed E-state index contributed by atoms with van der Waals surface area (Å²) < 4.78 is 60.8. The van der Waals surface area contributed by atoms with Crippen molar-refractivity contribution < 1.29 is 71.3 Å². The maximum absolute atomic E-state index is 12.6. The molecule has 0 spiro atoms. The first-order valence-corrected chi connectivity index (χ1v) is 32.3. The first-order chi connectivity index (χ1) is 48.7. The quantitative estimate of drug-likeness (QED) is 0.00909. The smallest absolute Gasteiger partial charge is 0.348 e. The number of benzene rings is 5. The second-order valence-corrected chi connectivity index (χ2v) is 22.6. The molecule has 0 aliphatic heterocycles. The van der Waals surface area contributed by atoms with Gasteiger partial charge in [0.1, 0.15) is 98.5 Å². The lowest BCUT2D eigenvalue weighted by Crippen LogP contribution is -2.62. The van der Waals surface area contributed by atoms with Gasteiger partial charge in [0, 0.05) is 70.1 Å². The highest BCUT2D eigenvalue weighted by molar-refractivity contribution is 6.00. The van der Waals surface area contributed by atoms with Gasteiger partial charge in [-0.1, -0.05) is 60.7 Å². The van der Waals surface area contributed by atoms with Gasteiger partial charge in [0.2, 0.25) is 0 Å². The molecule has 4 unspecified atom stereocenters. The lowest BCUT2D eigenvalue weighted by atomic mass is 9.86. The van der Waals surface area contributed by atoms with E-state index in [1.807, 2.05) is 145 Å². The van der Waals surface area contributed by atoms with Crippen molar-refractivity contribution in [3.8, 4) is 24.3 Å². The van der Waals surface area contributed by atoms with Gasteiger partial charge in [-0.15, -0.1) is 0 Å². The summed E-state index contributed by atoms with van der Waals surface area (Å²) >= 11 is 0. The number of esters is 5. The normalized spacial score (nSPS) is 16.1. The topological polar surface area (TPSA) is 293 Å². The highest BCUT2D eigenvalue weighted by atomic mass is 16.6. The Balaban J connectivity index is 1.45. The van der Waals surface area contributed by atoms with E-state index in [1.54, 1.807) is 95.3 Å². The molecule has 1 aliphatic carbocycles. The van der Waals surface area contributed by atoms with Gasteiger partial charge in [-0.2, -0.15) is 21.0 Å². The van der Waals surface area contributed by atoms with E-state index in [-0.39, 0.29) is 101 Å². The van der Waals surface area contributed by atoms with Gasteiger partial charge in [0.25, 0.3) is 5.70 Å². The largest absolute Gasteiger partial charge is 0.471 e. The molecular formula is C76H82N10O15. The third-order valence-corrected chi connectivity index (χ3v) is 15.5. The molecule has 25 nitrogen and oxygen atoms in total. The molecule has 0 radical (unpaired) electrons. The Kier molecular flexibility index (Phi) is 31.3. The second-order valence-electron chi connectivity index (χ2n) is 22.6. The maximum atomic E-state index is 12.6. The van der Waals surface area contributed by atoms with Crippen molar-refractivity contribution in [1.29, 1.82) is 21.0 Å². The number of anilines is 5. The van der Waals surface area contributed by atoms with Gasteiger partial charge in [0.05, 0.1) is 51.8 Å². The highest BCUT2D eigenvalue weighted by Gasteiger charge is 2.49. The lowest BCUT2D eigenvalue weighted by Gasteiger charge is -2.47. The summed E-state index contributed by atoms with van der Waals surface area (Å²) in [6.45, 7) is 16.2. The average Bonchev–Trinajstić information content (AvgIpc) is 0.786. The van der Waals surface area contributed by atoms with Crippen LogP contribution in [0.4, 0.5) is 28.4 Å². The number of nitriles is 4. The van der Waals surface area contributed by atoms with Gasteiger partial charge in [-0.25, -0.2) is 24.0 Å². The van der Waals surface area contributed by atoms with Crippen LogP contribution in [-0.2, 0) is 71.3 Å². The Bertz CT molecular complexity index is 3800. The lowest BCUT2D eigenvalue weighted by molar-refractivity contribution is -0.238. The number of rotatable bonds is 35. The van der Waals surface area contributed by atoms with Crippen molar-refractivity contribution in [2.24, 2.45) is 0 Å². The van der Waals surface area contributed by atoms with Crippen LogP contribution in [0.25, 0.3) is 35.2 Å². The number of ether oxygens (including phenoxy) is 10. The molecule has 0 N–H and O–H groups in total. The minimum absolute atomic E-state index is 0.0156. The monoisotopic (exact) mass is 1370 g/mol. The predicted molar refractivity (Wildman–Crippen MR) is 380 cm³/mol. The first kappa shape index (κ1) is 78.4. The molecule has 0 heterocycles. The molecular weight excluding hydrogens is 1290 g/mol. The zero-order chi connectivity index (χ0) is 73.4. The van der Waals surface area contributed by atoms with Crippen LogP contribution in [0.1, 0.15) is 68.9 Å². The summed E-state index contributed by atoms with van der Waals surface area (Å²) in [5.41, 5.74) is 5.59. The molecule has 0 saturated heterocycles. The van der Waals surface area contributed by atoms with Crippen LogP contribution in [0.5, 0.6) is 0 Å². The van der Waals surface area contributed by atoms with Crippen LogP contribution < -0.4 is 24.5 Å². The molecule has 0 amide bonds. The van der Waals surface area contributed by atoms with Crippen molar-refractivity contribution in [1.82, 2.24) is 0 Å². The number of nitrogens with zero attached hydrogens (tertiary/aromatic N) is 10. The van der Waals surface area contributed by atoms with E-state index in [4.69, 9.17) is 53.9 Å². The van der Waals surface area contributed by atoms with Crippen LogP contribution in [0, 0.1) is 51.9 Å². The first-order valence-electron chi connectivity index (χ1n) is 32.3. The zero-order valence-electron chi connectivity index (χ0n) is 58.2. The van der Waals surface area contributed by atoms with Crippen molar-refractivity contribution in [2.45, 2.75) is 71.6 Å². The maximum Gasteiger partial charge on any atom is 0.348 e.